The molecule has 0 aliphatic heterocycles. The Balaban J connectivity index is 3.01. The Morgan fingerprint density at radius 1 is 1.40 bits per heavy atom. The fourth-order valence-corrected chi connectivity index (χ4v) is 1.94. The largest absolute Gasteiger partial charge is 0.362 e. The Morgan fingerprint density at radius 3 is 2.65 bits per heavy atom. The second-order valence-corrected chi connectivity index (χ2v) is 4.96. The van der Waals surface area contributed by atoms with Crippen LogP contribution in [0.5, 0.6) is 0 Å². The van der Waals surface area contributed by atoms with Crippen LogP contribution in [0.25, 0.3) is 0 Å². The van der Waals surface area contributed by atoms with Gasteiger partial charge in [0.1, 0.15) is 5.82 Å². The van der Waals surface area contributed by atoms with E-state index >= 15 is 0 Å². The highest BCUT2D eigenvalue weighted by Gasteiger charge is 2.15. The van der Waals surface area contributed by atoms with Crippen LogP contribution in [0.3, 0.4) is 0 Å². The predicted octanol–water partition coefficient (Wildman–Crippen LogP) is 1.90. The summed E-state index contributed by atoms with van der Waals surface area (Å²) in [6, 6.07) is 5.26. The van der Waals surface area contributed by atoms with Gasteiger partial charge in [0.05, 0.1) is 6.54 Å². The van der Waals surface area contributed by atoms with E-state index in [0.717, 1.165) is 5.69 Å². The van der Waals surface area contributed by atoms with E-state index in [1.54, 1.807) is 13.1 Å². The second kappa shape index (κ2) is 7.85. The molecule has 5 heteroatoms. The molecule has 1 rings (SSSR count). The smallest absolute Gasteiger partial charge is 0.239 e. The summed E-state index contributed by atoms with van der Waals surface area (Å²) in [5, 5.41) is 5.82. The number of halogens is 1. The summed E-state index contributed by atoms with van der Waals surface area (Å²) in [6.07, 6.45) is 0. The van der Waals surface area contributed by atoms with Crippen LogP contribution in [0, 0.1) is 5.82 Å². The Kier molecular flexibility index (Phi) is 6.45. The van der Waals surface area contributed by atoms with E-state index in [1.807, 2.05) is 31.7 Å². The summed E-state index contributed by atoms with van der Waals surface area (Å²) in [6.45, 7) is 7.30. The van der Waals surface area contributed by atoms with Gasteiger partial charge in [-0.1, -0.05) is 19.9 Å². The van der Waals surface area contributed by atoms with Crippen molar-refractivity contribution < 1.29 is 9.18 Å². The number of hydrogen-bond donors (Lipinski definition) is 2. The van der Waals surface area contributed by atoms with Crippen molar-refractivity contribution in [2.75, 3.05) is 25.0 Å². The first kappa shape index (κ1) is 16.4. The standard InChI is InChI=1S/C15H24FN3O/c1-5-19(10-15(20)17-4)14-8-6-7-13(16)12(14)9-18-11(2)3/h6-8,11,18H,5,9-10H2,1-4H3,(H,17,20). The van der Waals surface area contributed by atoms with Gasteiger partial charge in [-0.05, 0) is 19.1 Å². The van der Waals surface area contributed by atoms with E-state index in [-0.39, 0.29) is 24.3 Å². The van der Waals surface area contributed by atoms with Crippen LogP contribution in [0.2, 0.25) is 0 Å². The van der Waals surface area contributed by atoms with Gasteiger partial charge in [-0.3, -0.25) is 4.79 Å². The molecule has 4 nitrogen and oxygen atoms in total. The number of benzene rings is 1. The maximum Gasteiger partial charge on any atom is 0.239 e. The first-order chi connectivity index (χ1) is 9.49. The molecule has 0 aliphatic rings. The zero-order valence-electron chi connectivity index (χ0n) is 12.7. The molecule has 112 valence electrons. The lowest BCUT2D eigenvalue weighted by Gasteiger charge is -2.25. The highest BCUT2D eigenvalue weighted by molar-refractivity contribution is 5.81. The minimum absolute atomic E-state index is 0.0844. The Hall–Kier alpha value is -1.62. The third-order valence-corrected chi connectivity index (χ3v) is 3.12. The molecule has 1 aromatic carbocycles. The Labute approximate surface area is 120 Å². The molecule has 0 unspecified atom stereocenters. The van der Waals surface area contributed by atoms with E-state index in [2.05, 4.69) is 10.6 Å². The first-order valence-corrected chi connectivity index (χ1v) is 6.95. The zero-order chi connectivity index (χ0) is 15.1. The molecule has 0 bridgehead atoms. The normalized spacial score (nSPS) is 10.7. The number of anilines is 1. The number of carbonyl (C=O) groups is 1. The Morgan fingerprint density at radius 2 is 2.10 bits per heavy atom. The van der Waals surface area contributed by atoms with E-state index in [4.69, 9.17) is 0 Å². The minimum Gasteiger partial charge on any atom is -0.362 e. The van der Waals surface area contributed by atoms with Gasteiger partial charge in [0.25, 0.3) is 0 Å². The van der Waals surface area contributed by atoms with Crippen LogP contribution in [-0.2, 0) is 11.3 Å². The molecule has 0 radical (unpaired) electrons. The lowest BCUT2D eigenvalue weighted by Crippen LogP contribution is -2.36. The molecule has 20 heavy (non-hydrogen) atoms. The summed E-state index contributed by atoms with van der Waals surface area (Å²) in [5.41, 5.74) is 1.37. The Bertz CT molecular complexity index is 449. The molecule has 0 heterocycles. The maximum absolute atomic E-state index is 14.0. The minimum atomic E-state index is -0.244. The van der Waals surface area contributed by atoms with Crippen molar-refractivity contribution >= 4 is 11.6 Å². The number of amides is 1. The number of rotatable bonds is 7. The van der Waals surface area contributed by atoms with Gasteiger partial charge in [-0.2, -0.15) is 0 Å². The van der Waals surface area contributed by atoms with Gasteiger partial charge in [0.2, 0.25) is 5.91 Å². The van der Waals surface area contributed by atoms with Crippen LogP contribution < -0.4 is 15.5 Å². The van der Waals surface area contributed by atoms with Crippen molar-refractivity contribution in [3.8, 4) is 0 Å². The second-order valence-electron chi connectivity index (χ2n) is 4.96. The summed E-state index contributed by atoms with van der Waals surface area (Å²) in [7, 11) is 1.60. The van der Waals surface area contributed by atoms with Crippen molar-refractivity contribution in [1.29, 1.82) is 0 Å². The molecule has 2 N–H and O–H groups in total. The van der Waals surface area contributed by atoms with Gasteiger partial charge in [0.15, 0.2) is 0 Å². The monoisotopic (exact) mass is 281 g/mol. The van der Waals surface area contributed by atoms with Crippen molar-refractivity contribution in [3.63, 3.8) is 0 Å². The van der Waals surface area contributed by atoms with Crippen molar-refractivity contribution in [3.05, 3.63) is 29.6 Å². The summed E-state index contributed by atoms with van der Waals surface area (Å²) in [5.74, 6) is -0.329. The number of carbonyl (C=O) groups excluding carboxylic acids is 1. The van der Waals surface area contributed by atoms with Gasteiger partial charge in [-0.15, -0.1) is 0 Å². The van der Waals surface area contributed by atoms with E-state index in [9.17, 15) is 9.18 Å². The van der Waals surface area contributed by atoms with Crippen LogP contribution in [0.1, 0.15) is 26.3 Å². The third kappa shape index (κ3) is 4.49. The molecule has 0 spiro atoms. The number of hydrogen-bond acceptors (Lipinski definition) is 3. The lowest BCUT2D eigenvalue weighted by molar-refractivity contribution is -0.119. The van der Waals surface area contributed by atoms with Gasteiger partial charge in [0, 0.05) is 37.4 Å². The molecule has 1 amide bonds. The highest BCUT2D eigenvalue weighted by atomic mass is 19.1. The molecule has 0 saturated heterocycles. The molecule has 0 atom stereocenters. The van der Waals surface area contributed by atoms with Crippen LogP contribution >= 0.6 is 0 Å². The van der Waals surface area contributed by atoms with Crippen molar-refractivity contribution in [1.82, 2.24) is 10.6 Å². The quantitative estimate of drug-likeness (QED) is 0.802. The number of likely N-dealkylation sites (N-methyl/N-ethyl adjacent to an activating group) is 2. The molecular formula is C15H24FN3O. The fraction of sp³-hybridized carbons (Fsp3) is 0.533. The van der Waals surface area contributed by atoms with Crippen LogP contribution in [-0.4, -0.2) is 32.1 Å². The molecular weight excluding hydrogens is 257 g/mol. The average molecular weight is 281 g/mol. The van der Waals surface area contributed by atoms with Crippen LogP contribution in [0.15, 0.2) is 18.2 Å². The highest BCUT2D eigenvalue weighted by Crippen LogP contribution is 2.23. The third-order valence-electron chi connectivity index (χ3n) is 3.12. The molecule has 0 aliphatic carbocycles. The predicted molar refractivity (Wildman–Crippen MR) is 80.3 cm³/mol. The van der Waals surface area contributed by atoms with Crippen molar-refractivity contribution in [2.24, 2.45) is 0 Å². The molecule has 0 fully saturated rings. The van der Waals surface area contributed by atoms with Crippen LogP contribution in [0.4, 0.5) is 10.1 Å². The van der Waals surface area contributed by atoms with Gasteiger partial charge >= 0.3 is 0 Å². The summed E-state index contributed by atoms with van der Waals surface area (Å²) >= 11 is 0. The topological polar surface area (TPSA) is 44.4 Å². The molecule has 0 saturated carbocycles. The number of nitrogens with zero attached hydrogens (tertiary/aromatic N) is 1. The zero-order valence-corrected chi connectivity index (χ0v) is 12.7. The fourth-order valence-electron chi connectivity index (χ4n) is 1.94. The molecule has 1 aromatic rings. The van der Waals surface area contributed by atoms with Gasteiger partial charge < -0.3 is 15.5 Å². The van der Waals surface area contributed by atoms with E-state index in [0.29, 0.717) is 18.7 Å². The number of nitrogens with one attached hydrogen (secondary N) is 2. The molecule has 0 aromatic heterocycles. The van der Waals surface area contributed by atoms with Crippen molar-refractivity contribution in [2.45, 2.75) is 33.4 Å². The SMILES string of the molecule is CCN(CC(=O)NC)c1cccc(F)c1CNC(C)C. The summed E-state index contributed by atoms with van der Waals surface area (Å²) in [4.78, 5) is 13.4. The average Bonchev–Trinajstić information content (AvgIpc) is 2.42. The van der Waals surface area contributed by atoms with Gasteiger partial charge in [-0.25, -0.2) is 4.39 Å². The summed E-state index contributed by atoms with van der Waals surface area (Å²) < 4.78 is 14.0. The van der Waals surface area contributed by atoms with E-state index < -0.39 is 0 Å². The van der Waals surface area contributed by atoms with E-state index in [1.165, 1.54) is 6.07 Å². The maximum atomic E-state index is 14.0. The first-order valence-electron chi connectivity index (χ1n) is 6.95. The lowest BCUT2D eigenvalue weighted by atomic mass is 10.1.